The lowest BCUT2D eigenvalue weighted by atomic mass is 10.1. The molecule has 0 heterocycles. The molecule has 92 valence electrons. The summed E-state index contributed by atoms with van der Waals surface area (Å²) < 4.78 is 26.5. The van der Waals surface area contributed by atoms with Gasteiger partial charge in [0.25, 0.3) is 5.91 Å². The van der Waals surface area contributed by atoms with Gasteiger partial charge in [-0.25, -0.2) is 4.39 Å². The van der Waals surface area contributed by atoms with Crippen LogP contribution in [-0.2, 0) is 0 Å². The van der Waals surface area contributed by atoms with Crippen molar-refractivity contribution in [3.63, 3.8) is 0 Å². The average Bonchev–Trinajstić information content (AvgIpc) is 2.28. The zero-order chi connectivity index (χ0) is 13.0. The number of nitrogens with one attached hydrogen (secondary N) is 1. The largest absolute Gasteiger partial charge is 0.352 e. The van der Waals surface area contributed by atoms with Gasteiger partial charge < -0.3 is 5.32 Å². The van der Waals surface area contributed by atoms with Crippen molar-refractivity contribution in [2.75, 3.05) is 6.54 Å². The van der Waals surface area contributed by atoms with E-state index in [9.17, 15) is 23.7 Å². The van der Waals surface area contributed by atoms with E-state index in [4.69, 9.17) is 0 Å². The Hall–Kier alpha value is -2.05. The van der Waals surface area contributed by atoms with Gasteiger partial charge in [0.05, 0.1) is 16.6 Å². The van der Waals surface area contributed by atoms with Gasteiger partial charge >= 0.3 is 5.69 Å². The number of rotatable bonds is 4. The third-order valence-electron chi connectivity index (χ3n) is 2.01. The van der Waals surface area contributed by atoms with Crippen molar-refractivity contribution >= 4 is 11.6 Å². The minimum atomic E-state index is -1.24. The fourth-order valence-electron chi connectivity index (χ4n) is 1.18. The highest BCUT2D eigenvalue weighted by Crippen LogP contribution is 2.21. The summed E-state index contributed by atoms with van der Waals surface area (Å²) in [6.45, 7) is 2.12. The summed E-state index contributed by atoms with van der Waals surface area (Å²) in [7, 11) is 0. The third-order valence-corrected chi connectivity index (χ3v) is 2.01. The molecule has 0 saturated carbocycles. The fraction of sp³-hybridized carbons (Fsp3) is 0.300. The molecule has 1 rings (SSSR count). The number of carbonyl (C=O) groups excluding carboxylic acids is 1. The van der Waals surface area contributed by atoms with Gasteiger partial charge in [0.15, 0.2) is 0 Å². The second-order valence-corrected chi connectivity index (χ2v) is 3.30. The van der Waals surface area contributed by atoms with Gasteiger partial charge in [-0.05, 0) is 12.5 Å². The van der Waals surface area contributed by atoms with Crippen LogP contribution in [0.25, 0.3) is 0 Å². The van der Waals surface area contributed by atoms with Gasteiger partial charge in [-0.15, -0.1) is 0 Å². The number of amides is 1. The maximum atomic E-state index is 13.3. The number of halogens is 2. The molecule has 5 nitrogen and oxygen atoms in total. The number of hydrogen-bond acceptors (Lipinski definition) is 3. The van der Waals surface area contributed by atoms with Crippen LogP contribution in [0.15, 0.2) is 12.1 Å². The Balaban J connectivity index is 3.07. The topological polar surface area (TPSA) is 72.2 Å². The molecule has 0 aliphatic rings. The van der Waals surface area contributed by atoms with Crippen LogP contribution in [0.3, 0.4) is 0 Å². The quantitative estimate of drug-likeness (QED) is 0.650. The highest BCUT2D eigenvalue weighted by Gasteiger charge is 2.21. The van der Waals surface area contributed by atoms with Crippen molar-refractivity contribution in [1.82, 2.24) is 5.32 Å². The summed E-state index contributed by atoms with van der Waals surface area (Å²) in [5.74, 6) is -3.15. The van der Waals surface area contributed by atoms with E-state index < -0.39 is 33.7 Å². The maximum absolute atomic E-state index is 13.3. The van der Waals surface area contributed by atoms with Crippen LogP contribution in [0.2, 0.25) is 0 Å². The van der Waals surface area contributed by atoms with Gasteiger partial charge in [0, 0.05) is 6.54 Å². The molecular formula is C10H10F2N2O3. The summed E-state index contributed by atoms with van der Waals surface area (Å²) in [6.07, 6.45) is 0.642. The van der Waals surface area contributed by atoms with E-state index in [2.05, 4.69) is 5.32 Å². The number of nitrogens with zero attached hydrogens (tertiary/aromatic N) is 1. The van der Waals surface area contributed by atoms with Crippen molar-refractivity contribution in [3.8, 4) is 0 Å². The van der Waals surface area contributed by atoms with Crippen molar-refractivity contribution in [2.24, 2.45) is 0 Å². The Bertz CT molecular complexity index is 463. The first kappa shape index (κ1) is 13.0. The van der Waals surface area contributed by atoms with Gasteiger partial charge in [0.2, 0.25) is 5.82 Å². The van der Waals surface area contributed by atoms with Gasteiger partial charge in [-0.2, -0.15) is 4.39 Å². The zero-order valence-corrected chi connectivity index (χ0v) is 9.00. The minimum absolute atomic E-state index is 0.316. The Labute approximate surface area is 95.6 Å². The molecule has 1 N–H and O–H groups in total. The van der Waals surface area contributed by atoms with Gasteiger partial charge in [-0.1, -0.05) is 6.92 Å². The second kappa shape index (κ2) is 5.33. The molecule has 0 aliphatic heterocycles. The highest BCUT2D eigenvalue weighted by atomic mass is 19.1. The lowest BCUT2D eigenvalue weighted by Gasteiger charge is -2.05. The molecule has 1 aromatic carbocycles. The number of benzene rings is 1. The summed E-state index contributed by atoms with van der Waals surface area (Å²) in [6, 6.07) is 0.925. The fourth-order valence-corrected chi connectivity index (χ4v) is 1.18. The lowest BCUT2D eigenvalue weighted by Crippen LogP contribution is -2.25. The van der Waals surface area contributed by atoms with Crippen LogP contribution < -0.4 is 5.32 Å². The smallest absolute Gasteiger partial charge is 0.307 e. The molecule has 0 fully saturated rings. The summed E-state index contributed by atoms with van der Waals surface area (Å²) in [5.41, 5.74) is -1.53. The van der Waals surface area contributed by atoms with E-state index in [0.29, 0.717) is 25.1 Å². The summed E-state index contributed by atoms with van der Waals surface area (Å²) in [4.78, 5) is 20.6. The molecule has 17 heavy (non-hydrogen) atoms. The van der Waals surface area contributed by atoms with Crippen LogP contribution in [0, 0.1) is 21.7 Å². The first-order valence-corrected chi connectivity index (χ1v) is 4.89. The first-order valence-electron chi connectivity index (χ1n) is 4.89. The van der Waals surface area contributed by atoms with Gasteiger partial charge in [0.1, 0.15) is 5.82 Å². The standard InChI is InChI=1S/C10H10F2N2O3/c1-2-3-13-10(15)6-4-8(12)9(14(16)17)5-7(6)11/h4-5H,2-3H2,1H3,(H,13,15). The molecule has 0 atom stereocenters. The SMILES string of the molecule is CCCNC(=O)c1cc(F)c([N+](=O)[O-])cc1F. The van der Waals surface area contributed by atoms with E-state index in [1.165, 1.54) is 0 Å². The normalized spacial score (nSPS) is 10.1. The molecule has 7 heteroatoms. The summed E-state index contributed by atoms with van der Waals surface area (Å²) in [5, 5.41) is 12.7. The average molecular weight is 244 g/mol. The van der Waals surface area contributed by atoms with E-state index in [1.807, 2.05) is 0 Å². The predicted octanol–water partition coefficient (Wildman–Crippen LogP) is 2.01. The van der Waals surface area contributed by atoms with Crippen molar-refractivity contribution < 1.29 is 18.5 Å². The second-order valence-electron chi connectivity index (χ2n) is 3.30. The third kappa shape index (κ3) is 2.96. The molecule has 0 bridgehead atoms. The number of hydrogen-bond donors (Lipinski definition) is 1. The Morgan fingerprint density at radius 3 is 2.59 bits per heavy atom. The number of carbonyl (C=O) groups is 1. The van der Waals surface area contributed by atoms with E-state index >= 15 is 0 Å². The van der Waals surface area contributed by atoms with E-state index in [1.54, 1.807) is 6.92 Å². The number of nitro benzene ring substituents is 1. The Morgan fingerprint density at radius 1 is 1.41 bits per heavy atom. The number of nitro groups is 1. The minimum Gasteiger partial charge on any atom is -0.352 e. The molecule has 0 unspecified atom stereocenters. The predicted molar refractivity (Wildman–Crippen MR) is 55.6 cm³/mol. The van der Waals surface area contributed by atoms with Crippen molar-refractivity contribution in [1.29, 1.82) is 0 Å². The van der Waals surface area contributed by atoms with E-state index in [-0.39, 0.29) is 0 Å². The molecule has 0 aromatic heterocycles. The van der Waals surface area contributed by atoms with Crippen LogP contribution in [0.5, 0.6) is 0 Å². The molecule has 1 amide bonds. The van der Waals surface area contributed by atoms with Crippen LogP contribution in [0.1, 0.15) is 23.7 Å². The lowest BCUT2D eigenvalue weighted by molar-refractivity contribution is -0.387. The molecular weight excluding hydrogens is 234 g/mol. The molecule has 0 aliphatic carbocycles. The van der Waals surface area contributed by atoms with Crippen LogP contribution in [-0.4, -0.2) is 17.4 Å². The van der Waals surface area contributed by atoms with Crippen LogP contribution >= 0.6 is 0 Å². The van der Waals surface area contributed by atoms with Crippen LogP contribution in [0.4, 0.5) is 14.5 Å². The van der Waals surface area contributed by atoms with Crippen molar-refractivity contribution in [2.45, 2.75) is 13.3 Å². The zero-order valence-electron chi connectivity index (χ0n) is 9.00. The van der Waals surface area contributed by atoms with E-state index in [0.717, 1.165) is 0 Å². The molecule has 1 aromatic rings. The summed E-state index contributed by atoms with van der Waals surface area (Å²) >= 11 is 0. The highest BCUT2D eigenvalue weighted by molar-refractivity contribution is 5.94. The molecule has 0 spiro atoms. The van der Waals surface area contributed by atoms with Crippen molar-refractivity contribution in [3.05, 3.63) is 39.4 Å². The monoisotopic (exact) mass is 244 g/mol. The Morgan fingerprint density at radius 2 is 2.06 bits per heavy atom. The molecule has 0 saturated heterocycles. The van der Waals surface area contributed by atoms with Gasteiger partial charge in [-0.3, -0.25) is 14.9 Å². The molecule has 0 radical (unpaired) electrons. The Kier molecular flexibility index (Phi) is 4.08. The maximum Gasteiger partial charge on any atom is 0.307 e. The first-order chi connectivity index (χ1) is 7.97.